The zero-order valence-electron chi connectivity index (χ0n) is 14.9. The van der Waals surface area contributed by atoms with Crippen LogP contribution in [0.3, 0.4) is 0 Å². The van der Waals surface area contributed by atoms with Crippen molar-refractivity contribution in [1.82, 2.24) is 0 Å². The van der Waals surface area contributed by atoms with Crippen molar-refractivity contribution in [2.45, 2.75) is 23.8 Å². The fourth-order valence-corrected chi connectivity index (χ4v) is 7.06. The average Bonchev–Trinajstić information content (AvgIpc) is 2.88. The maximum Gasteiger partial charge on any atom is 0.400 e. The summed E-state index contributed by atoms with van der Waals surface area (Å²) in [5.41, 5.74) is 0.766. The van der Waals surface area contributed by atoms with Crippen molar-refractivity contribution in [3.8, 4) is 5.75 Å². The van der Waals surface area contributed by atoms with E-state index in [-0.39, 0.29) is 51.2 Å². The first-order valence-electron chi connectivity index (χ1n) is 8.27. The number of hydrogen-bond donors (Lipinski definition) is 4. The van der Waals surface area contributed by atoms with E-state index in [0.717, 1.165) is 0 Å². The molecule has 6 N–H and O–H groups in total. The first kappa shape index (κ1) is 23.5. The highest BCUT2D eigenvalue weighted by Gasteiger charge is 2.53. The molecule has 1 fully saturated rings. The molecule has 1 aromatic heterocycles. The lowest BCUT2D eigenvalue weighted by atomic mass is 9.85. The first-order valence-corrected chi connectivity index (χ1v) is 13.1. The third-order valence-electron chi connectivity index (χ3n) is 4.75. The number of carbonyl (C=O) groups is 1. The van der Waals surface area contributed by atoms with Crippen molar-refractivity contribution in [3.05, 3.63) is 27.0 Å². The quantitative estimate of drug-likeness (QED) is 0.385. The molecule has 0 radical (unpaired) electrons. The lowest BCUT2D eigenvalue weighted by Crippen LogP contribution is -2.42. The van der Waals surface area contributed by atoms with E-state index in [4.69, 9.17) is 25.4 Å². The van der Waals surface area contributed by atoms with Crippen LogP contribution in [0.2, 0.25) is 0 Å². The highest BCUT2D eigenvalue weighted by atomic mass is 79.9. The van der Waals surface area contributed by atoms with Crippen molar-refractivity contribution in [2.24, 2.45) is 16.8 Å². The molecule has 1 aliphatic rings. The number of benzene rings is 1. The molecule has 2 aromatic rings. The highest BCUT2D eigenvalue weighted by molar-refractivity contribution is 9.10. The number of thiophene rings is 1. The second-order valence-corrected chi connectivity index (χ2v) is 12.2. The van der Waals surface area contributed by atoms with Crippen LogP contribution in [0.25, 0.3) is 10.1 Å². The Labute approximate surface area is 181 Å². The summed E-state index contributed by atoms with van der Waals surface area (Å²) in [5, 5.41) is 4.48. The molecule has 1 heterocycles. The van der Waals surface area contributed by atoms with Crippen LogP contribution < -0.4 is 15.6 Å². The topological polar surface area (TPSA) is 170 Å². The smallest absolute Gasteiger partial charge is 0.400 e. The number of carbonyl (C=O) groups excluding carboxylic acids is 1. The van der Waals surface area contributed by atoms with Gasteiger partial charge in [0.15, 0.2) is 0 Å². The van der Waals surface area contributed by atoms with Crippen LogP contribution in [0, 0.1) is 5.92 Å². The molecule has 3 rings (SSSR count). The summed E-state index contributed by atoms with van der Waals surface area (Å²) in [6, 6.07) is 2.45. The molecular formula is C15H16BrF2N2O7PS2. The minimum atomic E-state index is -5.82. The lowest BCUT2D eigenvalue weighted by molar-refractivity contribution is 0.0595. The number of fused-ring (bicyclic) bond motifs is 1. The maximum atomic E-state index is 14.3. The van der Waals surface area contributed by atoms with E-state index in [0.29, 0.717) is 11.3 Å². The number of nitrogens with two attached hydrogens (primary N) is 2. The average molecular weight is 549 g/mol. The van der Waals surface area contributed by atoms with Gasteiger partial charge in [0.1, 0.15) is 10.6 Å². The number of hydrogen-bond acceptors (Lipinski definition) is 6. The van der Waals surface area contributed by atoms with Gasteiger partial charge in [0.25, 0.3) is 0 Å². The van der Waals surface area contributed by atoms with E-state index < -0.39 is 39.3 Å². The molecule has 1 aliphatic carbocycles. The monoisotopic (exact) mass is 548 g/mol. The number of amides is 1. The van der Waals surface area contributed by atoms with Gasteiger partial charge in [-0.3, -0.25) is 9.36 Å². The van der Waals surface area contributed by atoms with E-state index in [1.54, 1.807) is 0 Å². The predicted molar refractivity (Wildman–Crippen MR) is 109 cm³/mol. The summed E-state index contributed by atoms with van der Waals surface area (Å²) in [4.78, 5) is 28.8. The molecule has 15 heteroatoms. The molecule has 0 bridgehead atoms. The zero-order valence-corrected chi connectivity index (χ0v) is 19.0. The Morgan fingerprint density at radius 2 is 1.97 bits per heavy atom. The van der Waals surface area contributed by atoms with Crippen LogP contribution >= 0.6 is 34.9 Å². The van der Waals surface area contributed by atoms with Crippen molar-refractivity contribution in [3.63, 3.8) is 0 Å². The molecule has 166 valence electrons. The van der Waals surface area contributed by atoms with Gasteiger partial charge in [-0.2, -0.15) is 8.78 Å². The summed E-state index contributed by atoms with van der Waals surface area (Å²) >= 11 is 3.34. The minimum absolute atomic E-state index is 0.0128. The molecule has 0 saturated heterocycles. The lowest BCUT2D eigenvalue weighted by Gasteiger charge is -2.33. The van der Waals surface area contributed by atoms with Gasteiger partial charge in [0.05, 0.1) is 16.6 Å². The third kappa shape index (κ3) is 4.27. The van der Waals surface area contributed by atoms with Gasteiger partial charge < -0.3 is 20.3 Å². The molecule has 0 aliphatic heterocycles. The summed E-state index contributed by atoms with van der Waals surface area (Å²) in [6.07, 6.45) is 0.542. The fraction of sp³-hybridized carbons (Fsp3) is 0.400. The van der Waals surface area contributed by atoms with Crippen LogP contribution in [0.5, 0.6) is 5.75 Å². The van der Waals surface area contributed by atoms with Gasteiger partial charge in [0, 0.05) is 15.4 Å². The molecule has 30 heavy (non-hydrogen) atoms. The maximum absolute atomic E-state index is 14.3. The van der Waals surface area contributed by atoms with Crippen molar-refractivity contribution >= 4 is 60.9 Å². The summed E-state index contributed by atoms with van der Waals surface area (Å²) in [7, 11) is -9.47. The Kier molecular flexibility index (Phi) is 6.09. The number of alkyl halides is 2. The fourth-order valence-electron chi connectivity index (χ4n) is 3.00. The summed E-state index contributed by atoms with van der Waals surface area (Å²) < 4.78 is 67.9. The van der Waals surface area contributed by atoms with Crippen LogP contribution in [0.15, 0.2) is 16.6 Å². The SMILES string of the molecule is NC(=O)c1cc(OC[C@H]2C[C@@H](S(N)(=O)=O)C2)c2sc(C(F)(F)P(=O)(O)O)c(Br)c2c1. The number of primary amides is 1. The first-order chi connectivity index (χ1) is 13.6. The Balaban J connectivity index is 1.98. The number of ether oxygens (including phenoxy) is 1. The van der Waals surface area contributed by atoms with Crippen LogP contribution in [-0.4, -0.2) is 36.0 Å². The number of sulfonamides is 1. The molecule has 0 atom stereocenters. The minimum Gasteiger partial charge on any atom is -0.492 e. The Bertz CT molecular complexity index is 1180. The molecular weight excluding hydrogens is 533 g/mol. The second-order valence-electron chi connectivity index (χ2n) is 6.91. The highest BCUT2D eigenvalue weighted by Crippen LogP contribution is 2.63. The van der Waals surface area contributed by atoms with Crippen molar-refractivity contribution in [1.29, 1.82) is 0 Å². The van der Waals surface area contributed by atoms with Gasteiger partial charge in [-0.15, -0.1) is 11.3 Å². The molecule has 0 unspecified atom stereocenters. The predicted octanol–water partition coefficient (Wildman–Crippen LogP) is 2.44. The summed E-state index contributed by atoms with van der Waals surface area (Å²) in [6.45, 7) is 0.0308. The Morgan fingerprint density at radius 3 is 2.47 bits per heavy atom. The number of rotatable bonds is 7. The zero-order chi connectivity index (χ0) is 22.6. The van der Waals surface area contributed by atoms with Crippen LogP contribution in [-0.2, 0) is 20.3 Å². The number of halogens is 3. The van der Waals surface area contributed by atoms with E-state index in [9.17, 15) is 26.6 Å². The second kappa shape index (κ2) is 7.76. The van der Waals surface area contributed by atoms with Crippen LogP contribution in [0.1, 0.15) is 28.1 Å². The van der Waals surface area contributed by atoms with Crippen molar-refractivity contribution < 1.29 is 41.1 Å². The van der Waals surface area contributed by atoms with Crippen LogP contribution in [0.4, 0.5) is 8.78 Å². The van der Waals surface area contributed by atoms with Gasteiger partial charge in [-0.05, 0) is 46.8 Å². The molecule has 9 nitrogen and oxygen atoms in total. The van der Waals surface area contributed by atoms with Gasteiger partial charge >= 0.3 is 13.3 Å². The third-order valence-corrected chi connectivity index (χ3v) is 9.55. The van der Waals surface area contributed by atoms with E-state index in [1.807, 2.05) is 0 Å². The van der Waals surface area contributed by atoms with E-state index in [2.05, 4.69) is 15.9 Å². The Hall–Kier alpha value is -1.15. The molecule has 1 amide bonds. The largest absolute Gasteiger partial charge is 0.492 e. The van der Waals surface area contributed by atoms with E-state index >= 15 is 0 Å². The van der Waals surface area contributed by atoms with Gasteiger partial charge in [0.2, 0.25) is 15.9 Å². The molecule has 0 spiro atoms. The van der Waals surface area contributed by atoms with Gasteiger partial charge in [-0.25, -0.2) is 13.6 Å². The van der Waals surface area contributed by atoms with Crippen molar-refractivity contribution in [2.75, 3.05) is 6.61 Å². The number of primary sulfonamides is 1. The molecule has 1 saturated carbocycles. The summed E-state index contributed by atoms with van der Waals surface area (Å²) in [5.74, 6) is -1.00. The molecule has 1 aromatic carbocycles. The standard InChI is InChI=1S/C15H16BrF2N2O7PS2/c16-11-9-3-7(14(19)21)4-10(27-5-6-1-8(2-6)30(20,25)26)12(9)29-13(11)15(17,18)28(22,23)24/h3-4,6,8H,1-2,5H2,(H2,19,21)(H2,20,25,26)(H2,22,23,24)/t6-,8+. The normalized spacial score (nSPS) is 20.2. The Morgan fingerprint density at radius 1 is 1.37 bits per heavy atom. The van der Waals surface area contributed by atoms with E-state index in [1.165, 1.54) is 12.1 Å². The van der Waals surface area contributed by atoms with Gasteiger partial charge in [-0.1, -0.05) is 0 Å².